The first kappa shape index (κ1) is 11.4. The van der Waals surface area contributed by atoms with Gasteiger partial charge in [0.2, 0.25) is 0 Å². The Morgan fingerprint density at radius 3 is 2.17 bits per heavy atom. The van der Waals surface area contributed by atoms with Gasteiger partial charge in [-0.15, -0.1) is 12.4 Å². The minimum atomic E-state index is -1.26. The average Bonchev–Trinajstić information content (AvgIpc) is 1.97. The van der Waals surface area contributed by atoms with Gasteiger partial charge in [-0.2, -0.15) is 0 Å². The predicted octanol–water partition coefficient (Wildman–Crippen LogP) is 2.76. The fourth-order valence-corrected chi connectivity index (χ4v) is 0.737. The van der Waals surface area contributed by atoms with Crippen LogP contribution in [-0.4, -0.2) is 0 Å². The number of rotatable bonds is 0. The smallest absolute Gasteiger partial charge is 0.170 e. The topological polar surface area (TPSA) is 26.0 Å². The Hall–Kier alpha value is -0.610. The molecule has 6 heteroatoms. The number of anilines is 1. The first-order valence-electron chi connectivity index (χ1n) is 2.62. The molecule has 1 rings (SSSR count). The molecule has 0 radical (unpaired) electrons. The second-order valence-corrected chi connectivity index (χ2v) is 2.26. The van der Waals surface area contributed by atoms with E-state index in [4.69, 9.17) is 17.3 Å². The van der Waals surface area contributed by atoms with Gasteiger partial charge in [-0.25, -0.2) is 13.2 Å². The van der Waals surface area contributed by atoms with E-state index in [9.17, 15) is 13.2 Å². The lowest BCUT2D eigenvalue weighted by Gasteiger charge is -2.00. The van der Waals surface area contributed by atoms with Crippen LogP contribution in [0.1, 0.15) is 0 Å². The summed E-state index contributed by atoms with van der Waals surface area (Å²) < 4.78 is 37.2. The summed E-state index contributed by atoms with van der Waals surface area (Å²) in [5, 5.41) is -0.788. The molecule has 0 aliphatic rings. The van der Waals surface area contributed by atoms with Crippen molar-refractivity contribution in [1.82, 2.24) is 0 Å². The molecule has 0 fully saturated rings. The Bertz CT molecular complexity index is 277. The van der Waals surface area contributed by atoms with Crippen molar-refractivity contribution in [1.29, 1.82) is 0 Å². The monoisotopic (exact) mass is 217 g/mol. The Labute approximate surface area is 77.7 Å². The zero-order valence-electron chi connectivity index (χ0n) is 5.57. The Morgan fingerprint density at radius 2 is 1.67 bits per heavy atom. The lowest BCUT2D eigenvalue weighted by Crippen LogP contribution is -1.97. The van der Waals surface area contributed by atoms with Gasteiger partial charge in [-0.1, -0.05) is 11.6 Å². The lowest BCUT2D eigenvalue weighted by atomic mass is 10.3. The van der Waals surface area contributed by atoms with Crippen molar-refractivity contribution < 1.29 is 13.2 Å². The van der Waals surface area contributed by atoms with E-state index in [1.165, 1.54) is 0 Å². The summed E-state index contributed by atoms with van der Waals surface area (Å²) in [6.45, 7) is 0. The first-order chi connectivity index (χ1) is 5.04. The molecule has 1 aromatic rings. The number of nitrogen functional groups attached to an aromatic ring is 1. The second-order valence-electron chi connectivity index (χ2n) is 1.88. The largest absolute Gasteiger partial charge is 0.394 e. The summed E-state index contributed by atoms with van der Waals surface area (Å²) in [4.78, 5) is 0. The minimum absolute atomic E-state index is 0. The highest BCUT2D eigenvalue weighted by atomic mass is 35.5. The molecule has 0 unspecified atom stereocenters. The molecule has 0 spiro atoms. The highest BCUT2D eigenvalue weighted by Gasteiger charge is 2.14. The van der Waals surface area contributed by atoms with Crippen molar-refractivity contribution in [3.63, 3.8) is 0 Å². The molecule has 0 atom stereocenters. The normalized spacial score (nSPS) is 9.33. The molecular weight excluding hydrogens is 214 g/mol. The van der Waals surface area contributed by atoms with Crippen LogP contribution in [-0.2, 0) is 0 Å². The van der Waals surface area contributed by atoms with Gasteiger partial charge in [0.15, 0.2) is 11.6 Å². The van der Waals surface area contributed by atoms with Crippen LogP contribution in [0.5, 0.6) is 0 Å². The van der Waals surface area contributed by atoms with Gasteiger partial charge in [-0.05, 0) is 0 Å². The number of nitrogens with two attached hydrogens (primary N) is 1. The highest BCUT2D eigenvalue weighted by molar-refractivity contribution is 6.31. The van der Waals surface area contributed by atoms with Crippen molar-refractivity contribution in [3.8, 4) is 0 Å². The number of benzene rings is 1. The maximum Gasteiger partial charge on any atom is 0.170 e. The van der Waals surface area contributed by atoms with Gasteiger partial charge in [0.05, 0.1) is 0 Å². The van der Waals surface area contributed by atoms with E-state index < -0.39 is 28.2 Å². The Balaban J connectivity index is 0.00000121. The van der Waals surface area contributed by atoms with E-state index in [-0.39, 0.29) is 12.4 Å². The fourth-order valence-electron chi connectivity index (χ4n) is 0.580. The Kier molecular flexibility index (Phi) is 3.67. The second kappa shape index (κ2) is 3.87. The van der Waals surface area contributed by atoms with E-state index in [1.54, 1.807) is 0 Å². The molecule has 0 aliphatic heterocycles. The van der Waals surface area contributed by atoms with E-state index in [2.05, 4.69) is 0 Å². The van der Waals surface area contributed by atoms with Crippen LogP contribution in [0.15, 0.2) is 6.07 Å². The van der Waals surface area contributed by atoms with Crippen LogP contribution >= 0.6 is 24.0 Å². The molecule has 1 aromatic carbocycles. The van der Waals surface area contributed by atoms with Crippen LogP contribution in [0.3, 0.4) is 0 Å². The number of hydrogen-bond acceptors (Lipinski definition) is 1. The summed E-state index contributed by atoms with van der Waals surface area (Å²) in [5.41, 5.74) is 4.08. The third kappa shape index (κ3) is 1.76. The third-order valence-electron chi connectivity index (χ3n) is 1.15. The molecule has 0 amide bonds. The minimum Gasteiger partial charge on any atom is -0.394 e. The summed E-state index contributed by atoms with van der Waals surface area (Å²) >= 11 is 5.06. The maximum absolute atomic E-state index is 12.5. The van der Waals surface area contributed by atoms with Crippen molar-refractivity contribution in [3.05, 3.63) is 28.5 Å². The van der Waals surface area contributed by atoms with E-state index in [1.807, 2.05) is 0 Å². The molecule has 0 aromatic heterocycles. The van der Waals surface area contributed by atoms with Crippen molar-refractivity contribution in [2.24, 2.45) is 0 Å². The van der Waals surface area contributed by atoms with Gasteiger partial charge >= 0.3 is 0 Å². The number of halogens is 5. The highest BCUT2D eigenvalue weighted by Crippen LogP contribution is 2.25. The van der Waals surface area contributed by atoms with Crippen molar-refractivity contribution >= 4 is 29.7 Å². The molecular formula is C6H4Cl2F3N. The SMILES string of the molecule is Cl.Nc1c(F)cc(F)c(Cl)c1F. The molecule has 0 saturated carbocycles. The quantitative estimate of drug-likeness (QED) is 0.404. The molecule has 12 heavy (non-hydrogen) atoms. The molecule has 0 bridgehead atoms. The van der Waals surface area contributed by atoms with Gasteiger partial charge in [0.25, 0.3) is 0 Å². The van der Waals surface area contributed by atoms with Gasteiger partial charge in [-0.3, -0.25) is 0 Å². The Morgan fingerprint density at radius 1 is 1.17 bits per heavy atom. The van der Waals surface area contributed by atoms with Gasteiger partial charge < -0.3 is 5.73 Å². The predicted molar refractivity (Wildman–Crippen MR) is 43.0 cm³/mol. The molecule has 0 heterocycles. The van der Waals surface area contributed by atoms with Crippen LogP contribution < -0.4 is 5.73 Å². The molecule has 1 nitrogen and oxygen atoms in total. The maximum atomic E-state index is 12.5. The zero-order valence-corrected chi connectivity index (χ0v) is 7.15. The number of hydrogen-bond donors (Lipinski definition) is 1. The van der Waals surface area contributed by atoms with E-state index in [0.717, 1.165) is 0 Å². The molecule has 0 aliphatic carbocycles. The lowest BCUT2D eigenvalue weighted by molar-refractivity contribution is 0.550. The van der Waals surface area contributed by atoms with Crippen LogP contribution in [0.2, 0.25) is 5.02 Å². The van der Waals surface area contributed by atoms with Gasteiger partial charge in [0.1, 0.15) is 16.5 Å². The summed E-state index contributed by atoms with van der Waals surface area (Å²) in [6, 6.07) is 0.431. The average molecular weight is 218 g/mol. The summed E-state index contributed by atoms with van der Waals surface area (Å²) in [5.74, 6) is -3.57. The zero-order chi connectivity index (χ0) is 8.59. The van der Waals surface area contributed by atoms with E-state index >= 15 is 0 Å². The van der Waals surface area contributed by atoms with Crippen LogP contribution in [0.25, 0.3) is 0 Å². The van der Waals surface area contributed by atoms with Crippen molar-refractivity contribution in [2.75, 3.05) is 5.73 Å². The first-order valence-corrected chi connectivity index (χ1v) is 3.00. The fraction of sp³-hybridized carbons (Fsp3) is 0. The van der Waals surface area contributed by atoms with Crippen LogP contribution in [0, 0.1) is 17.5 Å². The summed E-state index contributed by atoms with van der Waals surface area (Å²) in [6.07, 6.45) is 0. The van der Waals surface area contributed by atoms with E-state index in [0.29, 0.717) is 6.07 Å². The standard InChI is InChI=1S/C6H3ClF3N.ClH/c7-4-2(8)1-3(9)6(11)5(4)10;/h1H,11H2;1H. The van der Waals surface area contributed by atoms with Crippen molar-refractivity contribution in [2.45, 2.75) is 0 Å². The molecule has 68 valence electrons. The molecule has 0 saturated heterocycles. The third-order valence-corrected chi connectivity index (χ3v) is 1.50. The van der Waals surface area contributed by atoms with Gasteiger partial charge in [0, 0.05) is 6.07 Å². The molecule has 2 N–H and O–H groups in total. The summed E-state index contributed by atoms with van der Waals surface area (Å²) in [7, 11) is 0. The van der Waals surface area contributed by atoms with Crippen LogP contribution in [0.4, 0.5) is 18.9 Å².